The van der Waals surface area contributed by atoms with Crippen LogP contribution in [0.25, 0.3) is 16.8 Å². The van der Waals surface area contributed by atoms with Crippen LogP contribution in [0.15, 0.2) is 48.5 Å². The Balaban J connectivity index is 1.48. The zero-order valence-electron chi connectivity index (χ0n) is 15.3. The molecule has 3 aromatic rings. The monoisotopic (exact) mass is 354 g/mol. The van der Waals surface area contributed by atoms with E-state index in [0.29, 0.717) is 12.7 Å². The summed E-state index contributed by atoms with van der Waals surface area (Å²) < 4.78 is 11.1. The number of hydrogen-bond acceptors (Lipinski definition) is 2. The summed E-state index contributed by atoms with van der Waals surface area (Å²) in [5.41, 5.74) is 7.66. The molecule has 6 rings (SSSR count). The number of rotatable bonds is 1. The van der Waals surface area contributed by atoms with Crippen LogP contribution in [-0.4, -0.2) is 6.79 Å². The molecule has 1 unspecified atom stereocenters. The molecule has 0 radical (unpaired) electrons. The molecule has 2 aliphatic carbocycles. The molecule has 1 heterocycles. The van der Waals surface area contributed by atoms with Crippen LogP contribution in [0, 0.1) is 0 Å². The summed E-state index contributed by atoms with van der Waals surface area (Å²) in [5, 5.41) is 2.87. The van der Waals surface area contributed by atoms with Gasteiger partial charge in [0.2, 0.25) is 6.79 Å². The normalized spacial score (nSPS) is 19.8. The average Bonchev–Trinajstić information content (AvgIpc) is 3.21. The molecule has 0 N–H and O–H groups in total. The summed E-state index contributed by atoms with van der Waals surface area (Å²) in [5.74, 6) is 2.33. The van der Waals surface area contributed by atoms with Gasteiger partial charge >= 0.3 is 0 Å². The second-order valence-electron chi connectivity index (χ2n) is 7.89. The Labute approximate surface area is 159 Å². The Morgan fingerprint density at radius 1 is 0.815 bits per heavy atom. The van der Waals surface area contributed by atoms with Crippen molar-refractivity contribution in [1.82, 2.24) is 0 Å². The highest BCUT2D eigenvalue weighted by Gasteiger charge is 2.27. The van der Waals surface area contributed by atoms with Gasteiger partial charge in [-0.3, -0.25) is 0 Å². The summed E-state index contributed by atoms with van der Waals surface area (Å²) in [6.45, 7) is 0.344. The molecule has 0 fully saturated rings. The van der Waals surface area contributed by atoms with Crippen molar-refractivity contribution in [3.63, 3.8) is 0 Å². The number of hydrogen-bond donors (Lipinski definition) is 0. The minimum absolute atomic E-state index is 0.344. The molecular weight excluding hydrogens is 332 g/mol. The molecule has 2 heteroatoms. The van der Waals surface area contributed by atoms with E-state index in [1.165, 1.54) is 47.6 Å². The third-order valence-corrected chi connectivity index (χ3v) is 6.50. The molecule has 3 aliphatic rings. The van der Waals surface area contributed by atoms with Crippen LogP contribution in [0.2, 0.25) is 0 Å². The smallest absolute Gasteiger partial charge is 0.231 e. The van der Waals surface area contributed by atoms with Gasteiger partial charge in [0.1, 0.15) is 0 Å². The van der Waals surface area contributed by atoms with Crippen LogP contribution in [-0.2, 0) is 19.3 Å². The van der Waals surface area contributed by atoms with Crippen LogP contribution in [0.3, 0.4) is 0 Å². The molecule has 0 bridgehead atoms. The SMILES string of the molecule is C1=Cc2c(c3c(c4ccccc24)CC(c2ccc4c(c2)OCO4)CC3)CC1. The van der Waals surface area contributed by atoms with Gasteiger partial charge in [-0.05, 0) is 88.7 Å². The van der Waals surface area contributed by atoms with E-state index in [2.05, 4.69) is 54.6 Å². The van der Waals surface area contributed by atoms with E-state index in [9.17, 15) is 0 Å². The van der Waals surface area contributed by atoms with Crippen LogP contribution >= 0.6 is 0 Å². The minimum atomic E-state index is 0.344. The largest absolute Gasteiger partial charge is 0.454 e. The van der Waals surface area contributed by atoms with Crippen molar-refractivity contribution in [2.45, 2.75) is 38.0 Å². The van der Waals surface area contributed by atoms with E-state index >= 15 is 0 Å². The molecule has 0 saturated heterocycles. The summed E-state index contributed by atoms with van der Waals surface area (Å²) in [4.78, 5) is 0. The lowest BCUT2D eigenvalue weighted by Gasteiger charge is -2.30. The van der Waals surface area contributed by atoms with Gasteiger partial charge in [0.15, 0.2) is 11.5 Å². The number of fused-ring (bicyclic) bond motifs is 7. The molecule has 0 saturated carbocycles. The third-order valence-electron chi connectivity index (χ3n) is 6.50. The first kappa shape index (κ1) is 15.3. The predicted octanol–water partition coefficient (Wildman–Crippen LogP) is 5.80. The zero-order valence-corrected chi connectivity index (χ0v) is 15.3. The fourth-order valence-corrected chi connectivity index (χ4v) is 5.21. The maximum atomic E-state index is 5.61. The van der Waals surface area contributed by atoms with Gasteiger partial charge in [-0.2, -0.15) is 0 Å². The van der Waals surface area contributed by atoms with E-state index in [4.69, 9.17) is 9.47 Å². The number of ether oxygens (including phenoxy) is 2. The standard InChI is InChI=1S/C25H22O2/c1-2-7-20-18(5-1)19-6-3-4-8-21(19)23-13-16(9-11-22(20)23)17-10-12-24-25(14-17)27-15-26-24/h1,3-6,8,10,12,14,16H,2,7,9,11,13,15H2. The van der Waals surface area contributed by atoms with Crippen LogP contribution in [0.4, 0.5) is 0 Å². The van der Waals surface area contributed by atoms with Crippen molar-refractivity contribution in [3.8, 4) is 11.5 Å². The highest BCUT2D eigenvalue weighted by atomic mass is 16.7. The van der Waals surface area contributed by atoms with Crippen molar-refractivity contribution in [2.24, 2.45) is 0 Å². The van der Waals surface area contributed by atoms with E-state index in [-0.39, 0.29) is 0 Å². The molecule has 27 heavy (non-hydrogen) atoms. The fraction of sp³-hybridized carbons (Fsp3) is 0.280. The van der Waals surface area contributed by atoms with Crippen molar-refractivity contribution >= 4 is 16.8 Å². The van der Waals surface area contributed by atoms with Crippen molar-refractivity contribution in [3.05, 3.63) is 76.4 Å². The van der Waals surface area contributed by atoms with Gasteiger partial charge in [0.05, 0.1) is 0 Å². The number of benzene rings is 3. The predicted molar refractivity (Wildman–Crippen MR) is 109 cm³/mol. The summed E-state index contributed by atoms with van der Waals surface area (Å²) in [6.07, 6.45) is 10.5. The third kappa shape index (κ3) is 2.32. The lowest BCUT2D eigenvalue weighted by atomic mass is 9.74. The highest BCUT2D eigenvalue weighted by molar-refractivity contribution is 5.96. The quantitative estimate of drug-likeness (QED) is 0.550. The first-order chi connectivity index (χ1) is 13.4. The minimum Gasteiger partial charge on any atom is -0.454 e. The van der Waals surface area contributed by atoms with Gasteiger partial charge < -0.3 is 9.47 Å². The maximum absolute atomic E-state index is 5.61. The second-order valence-corrected chi connectivity index (χ2v) is 7.89. The lowest BCUT2D eigenvalue weighted by molar-refractivity contribution is 0.174. The Kier molecular flexibility index (Phi) is 3.34. The second kappa shape index (κ2) is 5.88. The first-order valence-corrected chi connectivity index (χ1v) is 10.00. The van der Waals surface area contributed by atoms with Crippen molar-refractivity contribution in [1.29, 1.82) is 0 Å². The lowest BCUT2D eigenvalue weighted by Crippen LogP contribution is -2.17. The molecular formula is C25H22O2. The summed E-state index contributed by atoms with van der Waals surface area (Å²) in [6, 6.07) is 15.5. The molecule has 3 aromatic carbocycles. The van der Waals surface area contributed by atoms with Gasteiger partial charge in [-0.15, -0.1) is 0 Å². The topological polar surface area (TPSA) is 18.5 Å². The average molecular weight is 354 g/mol. The van der Waals surface area contributed by atoms with Gasteiger partial charge in [0, 0.05) is 0 Å². The van der Waals surface area contributed by atoms with Gasteiger partial charge in [0.25, 0.3) is 0 Å². The van der Waals surface area contributed by atoms with Gasteiger partial charge in [-0.1, -0.05) is 42.5 Å². The van der Waals surface area contributed by atoms with Crippen LogP contribution < -0.4 is 9.47 Å². The highest BCUT2D eigenvalue weighted by Crippen LogP contribution is 2.43. The molecule has 0 aromatic heterocycles. The van der Waals surface area contributed by atoms with E-state index in [1.807, 2.05) is 0 Å². The van der Waals surface area contributed by atoms with E-state index < -0.39 is 0 Å². The van der Waals surface area contributed by atoms with Crippen molar-refractivity contribution < 1.29 is 9.47 Å². The Morgan fingerprint density at radius 2 is 1.70 bits per heavy atom. The molecule has 1 aliphatic heterocycles. The summed E-state index contributed by atoms with van der Waals surface area (Å²) in [7, 11) is 0. The van der Waals surface area contributed by atoms with Crippen molar-refractivity contribution in [2.75, 3.05) is 6.79 Å². The molecule has 2 nitrogen and oxygen atoms in total. The Bertz CT molecular complexity index is 1090. The number of allylic oxidation sites excluding steroid dienone is 1. The Morgan fingerprint density at radius 3 is 2.67 bits per heavy atom. The summed E-state index contributed by atoms with van der Waals surface area (Å²) >= 11 is 0. The fourth-order valence-electron chi connectivity index (χ4n) is 5.21. The zero-order chi connectivity index (χ0) is 17.8. The molecule has 1 atom stereocenters. The van der Waals surface area contributed by atoms with Gasteiger partial charge in [-0.25, -0.2) is 0 Å². The van der Waals surface area contributed by atoms with Crippen LogP contribution in [0.1, 0.15) is 46.6 Å². The van der Waals surface area contributed by atoms with E-state index in [1.54, 1.807) is 16.7 Å². The first-order valence-electron chi connectivity index (χ1n) is 10.00. The van der Waals surface area contributed by atoms with E-state index in [0.717, 1.165) is 17.9 Å². The van der Waals surface area contributed by atoms with Crippen LogP contribution in [0.5, 0.6) is 11.5 Å². The molecule has 0 spiro atoms. The molecule has 0 amide bonds. The Hall–Kier alpha value is -2.74. The molecule has 134 valence electrons. The maximum Gasteiger partial charge on any atom is 0.231 e.